The molecule has 0 aromatic heterocycles. The van der Waals surface area contributed by atoms with E-state index in [9.17, 15) is 18.0 Å². The summed E-state index contributed by atoms with van der Waals surface area (Å²) in [6.07, 6.45) is 1.01. The highest BCUT2D eigenvalue weighted by Gasteiger charge is 2.43. The Hall–Kier alpha value is -1.27. The molecule has 27 heavy (non-hydrogen) atoms. The fraction of sp³-hybridized carbons (Fsp3) is 0.650. The highest BCUT2D eigenvalue weighted by molar-refractivity contribution is 5.85. The monoisotopic (exact) mass is 402 g/mol. The van der Waals surface area contributed by atoms with Gasteiger partial charge in [0.1, 0.15) is 5.78 Å². The van der Waals surface area contributed by atoms with Crippen molar-refractivity contribution in [1.29, 1.82) is 0 Å². The van der Waals surface area contributed by atoms with E-state index in [1.54, 1.807) is 6.07 Å². The van der Waals surface area contributed by atoms with Crippen molar-refractivity contribution in [3.63, 3.8) is 0 Å². The van der Waals surface area contributed by atoms with E-state index in [-0.39, 0.29) is 24.2 Å². The molecule has 1 heterocycles. The first-order chi connectivity index (χ1) is 12.4. The fourth-order valence-corrected chi connectivity index (χ4v) is 5.04. The van der Waals surface area contributed by atoms with E-state index < -0.39 is 11.7 Å². The lowest BCUT2D eigenvalue weighted by atomic mass is 9.68. The van der Waals surface area contributed by atoms with Crippen LogP contribution in [0.4, 0.5) is 18.9 Å². The minimum absolute atomic E-state index is 0. The lowest BCUT2D eigenvalue weighted by Crippen LogP contribution is -2.56. The predicted molar refractivity (Wildman–Crippen MR) is 101 cm³/mol. The molecule has 2 saturated carbocycles. The molecule has 3 unspecified atom stereocenters. The summed E-state index contributed by atoms with van der Waals surface area (Å²) in [5.41, 5.74) is 0.0421. The SMILES string of the molecule is Cl.O=C1C2CCCC1C(N1CCN(c3cccc(C(F)(F)F)c3)CC1)CC2. The quantitative estimate of drug-likeness (QED) is 0.732. The summed E-state index contributed by atoms with van der Waals surface area (Å²) in [6, 6.07) is 5.92. The van der Waals surface area contributed by atoms with Gasteiger partial charge in [-0.1, -0.05) is 12.5 Å². The highest BCUT2D eigenvalue weighted by atomic mass is 35.5. The van der Waals surface area contributed by atoms with Crippen LogP contribution in [-0.4, -0.2) is 42.9 Å². The van der Waals surface area contributed by atoms with Gasteiger partial charge in [-0.2, -0.15) is 13.2 Å². The number of alkyl halides is 3. The predicted octanol–water partition coefficient (Wildman–Crippen LogP) is 4.40. The van der Waals surface area contributed by atoms with E-state index in [2.05, 4.69) is 4.90 Å². The molecule has 0 radical (unpaired) electrons. The van der Waals surface area contributed by atoms with E-state index in [1.807, 2.05) is 4.90 Å². The van der Waals surface area contributed by atoms with E-state index in [4.69, 9.17) is 0 Å². The third-order valence-corrected chi connectivity index (χ3v) is 6.43. The molecule has 3 aliphatic rings. The Labute approximate surface area is 164 Å². The molecule has 0 N–H and O–H groups in total. The lowest BCUT2D eigenvalue weighted by molar-refractivity contribution is -0.137. The van der Waals surface area contributed by atoms with Crippen LogP contribution in [0.15, 0.2) is 24.3 Å². The van der Waals surface area contributed by atoms with Crippen molar-refractivity contribution in [3.05, 3.63) is 29.8 Å². The number of hydrogen-bond donors (Lipinski definition) is 0. The van der Waals surface area contributed by atoms with Crippen LogP contribution in [-0.2, 0) is 11.0 Å². The zero-order valence-corrected chi connectivity index (χ0v) is 16.1. The average molecular weight is 403 g/mol. The second kappa shape index (κ2) is 8.00. The van der Waals surface area contributed by atoms with Crippen LogP contribution in [0.2, 0.25) is 0 Å². The maximum absolute atomic E-state index is 12.9. The number of Topliss-reactive ketones (excluding diaryl/α,β-unsaturated/α-hetero) is 1. The van der Waals surface area contributed by atoms with Crippen LogP contribution in [0.25, 0.3) is 0 Å². The number of rotatable bonds is 2. The first-order valence-electron chi connectivity index (χ1n) is 9.63. The number of nitrogens with zero attached hydrogens (tertiary/aromatic N) is 2. The van der Waals surface area contributed by atoms with Crippen LogP contribution < -0.4 is 4.90 Å². The van der Waals surface area contributed by atoms with Crippen molar-refractivity contribution in [3.8, 4) is 0 Å². The normalized spacial score (nSPS) is 29.4. The van der Waals surface area contributed by atoms with Crippen molar-refractivity contribution in [1.82, 2.24) is 4.90 Å². The van der Waals surface area contributed by atoms with Crippen molar-refractivity contribution < 1.29 is 18.0 Å². The van der Waals surface area contributed by atoms with Gasteiger partial charge in [0.25, 0.3) is 0 Å². The summed E-state index contributed by atoms with van der Waals surface area (Å²) in [6.45, 7) is 3.05. The van der Waals surface area contributed by atoms with Crippen molar-refractivity contribution in [2.45, 2.75) is 44.3 Å². The summed E-state index contributed by atoms with van der Waals surface area (Å²) in [5.74, 6) is 0.937. The van der Waals surface area contributed by atoms with Crippen molar-refractivity contribution >= 4 is 23.9 Å². The molecule has 1 aromatic carbocycles. The van der Waals surface area contributed by atoms with E-state index in [1.165, 1.54) is 12.1 Å². The molecule has 4 rings (SSSR count). The number of carbonyl (C=O) groups excluding carboxylic acids is 1. The van der Waals surface area contributed by atoms with Crippen LogP contribution in [0.3, 0.4) is 0 Å². The largest absolute Gasteiger partial charge is 0.416 e. The zero-order valence-electron chi connectivity index (χ0n) is 15.3. The maximum atomic E-state index is 12.9. The van der Waals surface area contributed by atoms with Crippen LogP contribution in [0, 0.1) is 11.8 Å². The highest BCUT2D eigenvalue weighted by Crippen LogP contribution is 2.40. The Kier molecular flexibility index (Phi) is 6.06. The second-order valence-corrected chi connectivity index (χ2v) is 7.85. The molecular weight excluding hydrogens is 377 g/mol. The van der Waals surface area contributed by atoms with Gasteiger partial charge in [0.05, 0.1) is 5.56 Å². The first-order valence-corrected chi connectivity index (χ1v) is 9.63. The fourth-order valence-electron chi connectivity index (χ4n) is 5.04. The van der Waals surface area contributed by atoms with Gasteiger partial charge in [-0.15, -0.1) is 12.4 Å². The number of benzene rings is 1. The molecule has 3 nitrogen and oxygen atoms in total. The number of anilines is 1. The molecule has 1 aromatic rings. The van der Waals surface area contributed by atoms with Gasteiger partial charge in [0.2, 0.25) is 0 Å². The molecule has 3 fully saturated rings. The van der Waals surface area contributed by atoms with Gasteiger partial charge in [-0.3, -0.25) is 9.69 Å². The Morgan fingerprint density at radius 2 is 1.70 bits per heavy atom. The molecule has 0 amide bonds. The molecule has 1 saturated heterocycles. The van der Waals surface area contributed by atoms with Gasteiger partial charge in [-0.25, -0.2) is 0 Å². The molecular formula is C20H26ClF3N2O. The Bertz CT molecular complexity index is 673. The van der Waals surface area contributed by atoms with Crippen molar-refractivity contribution in [2.24, 2.45) is 11.8 Å². The van der Waals surface area contributed by atoms with Gasteiger partial charge in [-0.05, 0) is 43.9 Å². The number of halogens is 4. The van der Waals surface area contributed by atoms with Crippen molar-refractivity contribution in [2.75, 3.05) is 31.1 Å². The molecule has 2 bridgehead atoms. The Morgan fingerprint density at radius 3 is 2.41 bits per heavy atom. The summed E-state index contributed by atoms with van der Waals surface area (Å²) in [7, 11) is 0. The minimum atomic E-state index is -4.31. The zero-order chi connectivity index (χ0) is 18.3. The van der Waals surface area contributed by atoms with Gasteiger partial charge >= 0.3 is 6.18 Å². The molecule has 3 atom stereocenters. The van der Waals surface area contributed by atoms with E-state index in [0.29, 0.717) is 30.6 Å². The van der Waals surface area contributed by atoms with Crippen LogP contribution in [0.5, 0.6) is 0 Å². The molecule has 0 spiro atoms. The summed E-state index contributed by atoms with van der Waals surface area (Å²) in [5, 5.41) is 0. The molecule has 1 aliphatic heterocycles. The van der Waals surface area contributed by atoms with E-state index in [0.717, 1.165) is 51.3 Å². The smallest absolute Gasteiger partial charge is 0.369 e. The van der Waals surface area contributed by atoms with Gasteiger partial charge < -0.3 is 4.90 Å². The van der Waals surface area contributed by atoms with Crippen LogP contribution >= 0.6 is 12.4 Å². The molecule has 7 heteroatoms. The summed E-state index contributed by atoms with van der Waals surface area (Å²) >= 11 is 0. The summed E-state index contributed by atoms with van der Waals surface area (Å²) < 4.78 is 38.8. The van der Waals surface area contributed by atoms with Gasteiger partial charge in [0, 0.05) is 49.7 Å². The number of fused-ring (bicyclic) bond motifs is 2. The standard InChI is InChI=1S/C20H25F3N2O.ClH/c21-20(22,23)15-4-2-5-16(13-15)24-9-11-25(12-10-24)18-8-7-14-3-1-6-17(18)19(14)26;/h2,4-5,13-14,17-18H,1,3,6-12H2;1H. The molecule has 2 aliphatic carbocycles. The third kappa shape index (κ3) is 4.11. The Morgan fingerprint density at radius 1 is 0.963 bits per heavy atom. The van der Waals surface area contributed by atoms with Crippen LogP contribution in [0.1, 0.15) is 37.7 Å². The third-order valence-electron chi connectivity index (χ3n) is 6.43. The van der Waals surface area contributed by atoms with E-state index >= 15 is 0 Å². The topological polar surface area (TPSA) is 23.6 Å². The number of piperazine rings is 1. The Balaban J connectivity index is 0.00000210. The number of ketones is 1. The van der Waals surface area contributed by atoms with Gasteiger partial charge in [0.15, 0.2) is 0 Å². The number of carbonyl (C=O) groups is 1. The second-order valence-electron chi connectivity index (χ2n) is 7.85. The maximum Gasteiger partial charge on any atom is 0.416 e. The minimum Gasteiger partial charge on any atom is -0.369 e. The molecule has 150 valence electrons. The summed E-state index contributed by atoms with van der Waals surface area (Å²) in [4.78, 5) is 17.0. The average Bonchev–Trinajstić information content (AvgIpc) is 2.61. The first kappa shape index (κ1) is 20.5. The lowest BCUT2D eigenvalue weighted by Gasteiger charge is -2.47. The number of hydrogen-bond acceptors (Lipinski definition) is 3.